The van der Waals surface area contributed by atoms with Crippen LogP contribution in [0, 0.1) is 5.92 Å². The molecular weight excluding hydrogens is 270 g/mol. The molecule has 2 aromatic rings. The highest BCUT2D eigenvalue weighted by Crippen LogP contribution is 2.27. The fourth-order valence-electron chi connectivity index (χ4n) is 2.40. The molecule has 0 radical (unpaired) electrons. The van der Waals surface area contributed by atoms with E-state index < -0.39 is 8.07 Å². The van der Waals surface area contributed by atoms with E-state index in [0.29, 0.717) is 23.1 Å². The topological polar surface area (TPSA) is 12.9 Å². The predicted octanol–water partition coefficient (Wildman–Crippen LogP) is 5.05. The molecule has 1 unspecified atom stereocenters. The van der Waals surface area contributed by atoms with Gasteiger partial charge in [0.2, 0.25) is 0 Å². The molecule has 1 aromatic heterocycles. The summed E-state index contributed by atoms with van der Waals surface area (Å²) in [6, 6.07) is 3.04. The van der Waals surface area contributed by atoms with Crippen molar-refractivity contribution in [2.45, 2.75) is 46.3 Å². The molecule has 0 aliphatic rings. The Hall–Kier alpha value is -1.41. The summed E-state index contributed by atoms with van der Waals surface area (Å²) in [4.78, 5) is 4.58. The second-order valence-corrected chi connectivity index (χ2v) is 12.1. The van der Waals surface area contributed by atoms with Crippen LogP contribution in [0.1, 0.15) is 37.7 Å². The van der Waals surface area contributed by atoms with Crippen molar-refractivity contribution < 1.29 is 5.48 Å². The molecule has 0 fully saturated rings. The summed E-state index contributed by atoms with van der Waals surface area (Å²) in [5.74, 6) is 0.842. The first-order valence-electron chi connectivity index (χ1n) is 9.53. The van der Waals surface area contributed by atoms with E-state index in [9.17, 15) is 0 Å². The van der Waals surface area contributed by atoms with Crippen LogP contribution in [0.5, 0.6) is 0 Å². The van der Waals surface area contributed by atoms with E-state index in [2.05, 4.69) is 45.4 Å². The maximum atomic E-state index is 8.19. The Kier molecular flexibility index (Phi) is 3.28. The number of benzene rings is 1. The highest BCUT2D eigenvalue weighted by molar-refractivity contribution is 6.89. The zero-order valence-electron chi connectivity index (χ0n) is 17.8. The lowest BCUT2D eigenvalue weighted by molar-refractivity contribution is 0.537. The minimum Gasteiger partial charge on any atom is -0.256 e. The molecule has 0 N–H and O–H groups in total. The Morgan fingerprint density at radius 3 is 2.43 bits per heavy atom. The molecule has 112 valence electrons. The maximum absolute atomic E-state index is 8.19. The number of aromatic nitrogens is 1. The molecule has 2 heteroatoms. The molecule has 0 aliphatic carbocycles. The summed E-state index contributed by atoms with van der Waals surface area (Å²) in [5.41, 5.74) is 2.34. The number of hydrogen-bond donors (Lipinski definition) is 0. The second-order valence-electron chi connectivity index (χ2n) is 7.02. The zero-order chi connectivity index (χ0) is 19.1. The largest absolute Gasteiger partial charge is 0.256 e. The Balaban J connectivity index is 2.72. The molecular formula is C19H27NSi. The van der Waals surface area contributed by atoms with Crippen LogP contribution in [0.4, 0.5) is 0 Å². The fraction of sp³-hybridized carbons (Fsp3) is 0.421. The SMILES string of the molecule is [2H]c1cc(-c2cc(C(C)C(C)C)c([Si](C)(C)C)cn2)c([2H])c([2H])c1[2H]. The van der Waals surface area contributed by atoms with E-state index in [1.807, 2.05) is 12.3 Å². The van der Waals surface area contributed by atoms with Gasteiger partial charge in [0.25, 0.3) is 0 Å². The highest BCUT2D eigenvalue weighted by atomic mass is 28.3. The summed E-state index contributed by atoms with van der Waals surface area (Å²) in [6.07, 6.45) is 1.93. The van der Waals surface area contributed by atoms with Crippen LogP contribution in [0.25, 0.3) is 11.3 Å². The van der Waals surface area contributed by atoms with Gasteiger partial charge in [0, 0.05) is 11.8 Å². The minimum atomic E-state index is -1.57. The van der Waals surface area contributed by atoms with Crippen molar-refractivity contribution >= 4 is 13.3 Å². The van der Waals surface area contributed by atoms with Gasteiger partial charge in [-0.2, -0.15) is 0 Å². The molecule has 1 heterocycles. The standard InChI is InChI=1S/C19H27NSi/c1-14(2)15(3)17-12-18(16-10-8-7-9-11-16)20-13-19(17)21(4,5)6/h7-15H,1-6H3/i7D,8D,9D,10D. The van der Waals surface area contributed by atoms with Crippen molar-refractivity contribution in [3.8, 4) is 11.3 Å². The Morgan fingerprint density at radius 2 is 1.81 bits per heavy atom. The lowest BCUT2D eigenvalue weighted by atomic mass is 9.90. The summed E-state index contributed by atoms with van der Waals surface area (Å²) in [5, 5.41) is 1.32. The van der Waals surface area contributed by atoms with Gasteiger partial charge < -0.3 is 0 Å². The van der Waals surface area contributed by atoms with Crippen LogP contribution in [0.15, 0.2) is 42.5 Å². The predicted molar refractivity (Wildman–Crippen MR) is 95.9 cm³/mol. The fourth-order valence-corrected chi connectivity index (χ4v) is 4.02. The van der Waals surface area contributed by atoms with Crippen molar-refractivity contribution in [2.24, 2.45) is 5.92 Å². The lowest BCUT2D eigenvalue weighted by Crippen LogP contribution is -2.41. The molecule has 1 nitrogen and oxygen atoms in total. The van der Waals surface area contributed by atoms with Gasteiger partial charge in [-0.05, 0) is 28.7 Å². The third-order valence-electron chi connectivity index (χ3n) is 4.06. The van der Waals surface area contributed by atoms with Crippen molar-refractivity contribution in [3.05, 3.63) is 48.1 Å². The summed E-state index contributed by atoms with van der Waals surface area (Å²) < 4.78 is 31.7. The van der Waals surface area contributed by atoms with Crippen LogP contribution in [-0.2, 0) is 0 Å². The van der Waals surface area contributed by atoms with Crippen LogP contribution in [0.2, 0.25) is 19.6 Å². The molecule has 0 saturated heterocycles. The van der Waals surface area contributed by atoms with Gasteiger partial charge in [-0.1, -0.05) is 70.6 Å². The third-order valence-corrected chi connectivity index (χ3v) is 6.09. The van der Waals surface area contributed by atoms with E-state index in [1.165, 1.54) is 16.8 Å². The number of hydrogen-bond acceptors (Lipinski definition) is 1. The van der Waals surface area contributed by atoms with Crippen molar-refractivity contribution in [3.63, 3.8) is 0 Å². The first-order valence-corrected chi connectivity index (χ1v) is 11.0. The maximum Gasteiger partial charge on any atom is 0.0799 e. The van der Waals surface area contributed by atoms with Gasteiger partial charge in [-0.25, -0.2) is 0 Å². The highest BCUT2D eigenvalue weighted by Gasteiger charge is 2.25. The van der Waals surface area contributed by atoms with Gasteiger partial charge in [-0.3, -0.25) is 4.98 Å². The van der Waals surface area contributed by atoms with Gasteiger partial charge in [-0.15, -0.1) is 0 Å². The molecule has 0 amide bonds. The number of pyridine rings is 1. The molecule has 1 aromatic carbocycles. The minimum absolute atomic E-state index is 0.0302. The molecule has 0 aliphatic heterocycles. The van der Waals surface area contributed by atoms with Gasteiger partial charge in [0.05, 0.1) is 19.3 Å². The quantitative estimate of drug-likeness (QED) is 0.720. The molecule has 0 bridgehead atoms. The summed E-state index contributed by atoms with van der Waals surface area (Å²) in [6.45, 7) is 13.5. The van der Waals surface area contributed by atoms with Crippen molar-refractivity contribution in [1.29, 1.82) is 0 Å². The average Bonchev–Trinajstić information content (AvgIpc) is 2.54. The van der Waals surface area contributed by atoms with Crippen LogP contribution < -0.4 is 5.19 Å². The second kappa shape index (κ2) is 6.14. The molecule has 0 spiro atoms. The van der Waals surface area contributed by atoms with E-state index in [4.69, 9.17) is 5.48 Å². The number of rotatable bonds is 4. The van der Waals surface area contributed by atoms with E-state index in [-0.39, 0.29) is 24.2 Å². The zero-order valence-corrected chi connectivity index (χ0v) is 14.8. The Bertz CT molecular complexity index is 797. The summed E-state index contributed by atoms with van der Waals surface area (Å²) >= 11 is 0. The monoisotopic (exact) mass is 301 g/mol. The van der Waals surface area contributed by atoms with Gasteiger partial charge in [0.1, 0.15) is 0 Å². The van der Waals surface area contributed by atoms with E-state index in [0.717, 1.165) is 0 Å². The van der Waals surface area contributed by atoms with Crippen molar-refractivity contribution in [1.82, 2.24) is 4.98 Å². The first kappa shape index (κ1) is 11.2. The molecule has 2 rings (SSSR count). The Labute approximate surface area is 136 Å². The molecule has 21 heavy (non-hydrogen) atoms. The smallest absolute Gasteiger partial charge is 0.0799 e. The number of nitrogens with zero attached hydrogens (tertiary/aromatic N) is 1. The van der Waals surface area contributed by atoms with Crippen LogP contribution >= 0.6 is 0 Å². The van der Waals surface area contributed by atoms with Gasteiger partial charge >= 0.3 is 0 Å². The first-order chi connectivity index (χ1) is 11.4. The molecule has 1 atom stereocenters. The third kappa shape index (κ3) is 3.62. The van der Waals surface area contributed by atoms with Crippen LogP contribution in [-0.4, -0.2) is 13.1 Å². The van der Waals surface area contributed by atoms with E-state index in [1.54, 1.807) is 0 Å². The Morgan fingerprint density at radius 1 is 1.10 bits per heavy atom. The normalized spacial score (nSPS) is 16.1. The van der Waals surface area contributed by atoms with Crippen LogP contribution in [0.3, 0.4) is 0 Å². The average molecular weight is 302 g/mol. The molecule has 0 saturated carbocycles. The van der Waals surface area contributed by atoms with E-state index >= 15 is 0 Å². The summed E-state index contributed by atoms with van der Waals surface area (Å²) in [7, 11) is -1.57. The van der Waals surface area contributed by atoms with Gasteiger partial charge in [0.15, 0.2) is 0 Å². The lowest BCUT2D eigenvalue weighted by Gasteiger charge is -2.26. The van der Waals surface area contributed by atoms with Crippen molar-refractivity contribution in [2.75, 3.05) is 0 Å².